The third-order valence-electron chi connectivity index (χ3n) is 4.27. The molecule has 1 saturated heterocycles. The summed E-state index contributed by atoms with van der Waals surface area (Å²) in [4.78, 5) is 12.6. The fraction of sp³-hybridized carbons (Fsp3) is 0.294. The zero-order chi connectivity index (χ0) is 18.0. The van der Waals surface area contributed by atoms with Gasteiger partial charge in [0.1, 0.15) is 5.69 Å². The van der Waals surface area contributed by atoms with Crippen LogP contribution in [0.4, 0.5) is 0 Å². The summed E-state index contributed by atoms with van der Waals surface area (Å²) in [5.74, 6) is 0.630. The van der Waals surface area contributed by atoms with Gasteiger partial charge in [-0.05, 0) is 37.1 Å². The van der Waals surface area contributed by atoms with Crippen molar-refractivity contribution in [3.8, 4) is 23.0 Å². The van der Waals surface area contributed by atoms with Crippen LogP contribution >= 0.6 is 0 Å². The van der Waals surface area contributed by atoms with Gasteiger partial charge in [0.15, 0.2) is 0 Å². The van der Waals surface area contributed by atoms with Gasteiger partial charge in [0.25, 0.3) is 5.89 Å². The molecule has 0 bridgehead atoms. The highest BCUT2D eigenvalue weighted by Crippen LogP contribution is 2.24. The average Bonchev–Trinajstić information content (AvgIpc) is 3.20. The third-order valence-corrected chi connectivity index (χ3v) is 6.19. The third kappa shape index (κ3) is 3.23. The number of rotatable bonds is 4. The second kappa shape index (κ2) is 6.93. The van der Waals surface area contributed by atoms with E-state index in [0.29, 0.717) is 30.2 Å². The van der Waals surface area contributed by atoms with Crippen LogP contribution in [0.25, 0.3) is 23.0 Å². The standard InChI is InChI=1S/C17H17N5O3S/c23-26(24,22-10-2-1-3-11-22)14-6-4-13(5-7-14)16-20-17(25-21-16)15-12-18-8-9-19-15/h4-9,12H,1-3,10-11H2. The van der Waals surface area contributed by atoms with Crippen LogP contribution < -0.4 is 0 Å². The summed E-state index contributed by atoms with van der Waals surface area (Å²) in [6, 6.07) is 6.53. The minimum absolute atomic E-state index is 0.262. The van der Waals surface area contributed by atoms with Gasteiger partial charge in [0.2, 0.25) is 15.8 Å². The molecule has 1 aliphatic heterocycles. The molecule has 9 heteroatoms. The molecule has 1 fully saturated rings. The van der Waals surface area contributed by atoms with Crippen LogP contribution in [-0.2, 0) is 10.0 Å². The fourth-order valence-corrected chi connectivity index (χ4v) is 4.40. The Morgan fingerprint density at radius 2 is 1.77 bits per heavy atom. The minimum Gasteiger partial charge on any atom is -0.332 e. The molecule has 8 nitrogen and oxygen atoms in total. The maximum atomic E-state index is 12.7. The highest BCUT2D eigenvalue weighted by molar-refractivity contribution is 7.89. The van der Waals surface area contributed by atoms with Crippen molar-refractivity contribution in [2.24, 2.45) is 0 Å². The molecule has 0 atom stereocenters. The van der Waals surface area contributed by atoms with Crippen LogP contribution in [0, 0.1) is 0 Å². The number of aromatic nitrogens is 4. The van der Waals surface area contributed by atoms with Crippen LogP contribution in [0.5, 0.6) is 0 Å². The van der Waals surface area contributed by atoms with E-state index >= 15 is 0 Å². The van der Waals surface area contributed by atoms with Gasteiger partial charge in [-0.2, -0.15) is 9.29 Å². The number of piperidine rings is 1. The van der Waals surface area contributed by atoms with Crippen LogP contribution in [0.15, 0.2) is 52.3 Å². The van der Waals surface area contributed by atoms with Gasteiger partial charge < -0.3 is 4.52 Å². The molecular weight excluding hydrogens is 354 g/mol. The van der Waals surface area contributed by atoms with Crippen molar-refractivity contribution in [2.75, 3.05) is 13.1 Å². The molecule has 0 aliphatic carbocycles. The molecule has 134 valence electrons. The summed E-state index contributed by atoms with van der Waals surface area (Å²) in [5.41, 5.74) is 1.15. The van der Waals surface area contributed by atoms with E-state index in [1.54, 1.807) is 41.0 Å². The first-order chi connectivity index (χ1) is 12.6. The van der Waals surface area contributed by atoms with E-state index < -0.39 is 10.0 Å². The van der Waals surface area contributed by atoms with Gasteiger partial charge >= 0.3 is 0 Å². The van der Waals surface area contributed by atoms with Gasteiger partial charge in [0, 0.05) is 31.0 Å². The van der Waals surface area contributed by atoms with Crippen LogP contribution in [-0.4, -0.2) is 45.9 Å². The predicted octanol–water partition coefficient (Wildman–Crippen LogP) is 2.37. The second-order valence-corrected chi connectivity index (χ2v) is 7.94. The van der Waals surface area contributed by atoms with Gasteiger partial charge in [-0.25, -0.2) is 13.4 Å². The minimum atomic E-state index is -3.45. The lowest BCUT2D eigenvalue weighted by Gasteiger charge is -2.25. The summed E-state index contributed by atoms with van der Waals surface area (Å²) in [7, 11) is -3.45. The summed E-state index contributed by atoms with van der Waals surface area (Å²) >= 11 is 0. The first-order valence-corrected chi connectivity index (χ1v) is 9.79. The Balaban J connectivity index is 1.57. The summed E-state index contributed by atoms with van der Waals surface area (Å²) in [6.07, 6.45) is 7.53. The lowest BCUT2D eigenvalue weighted by atomic mass is 10.2. The number of nitrogens with zero attached hydrogens (tertiary/aromatic N) is 5. The van der Waals surface area contributed by atoms with E-state index in [4.69, 9.17) is 4.52 Å². The quantitative estimate of drug-likeness (QED) is 0.693. The summed E-state index contributed by atoms with van der Waals surface area (Å²) in [6.45, 7) is 1.16. The normalized spacial score (nSPS) is 15.8. The van der Waals surface area contributed by atoms with Crippen LogP contribution in [0.2, 0.25) is 0 Å². The van der Waals surface area contributed by atoms with Gasteiger partial charge in [-0.3, -0.25) is 4.98 Å². The van der Waals surface area contributed by atoms with Gasteiger partial charge in [-0.15, -0.1) is 0 Å². The molecule has 0 N–H and O–H groups in total. The maximum absolute atomic E-state index is 12.7. The molecule has 3 heterocycles. The topological polar surface area (TPSA) is 102 Å². The molecule has 0 spiro atoms. The van der Waals surface area contributed by atoms with Crippen molar-refractivity contribution in [3.05, 3.63) is 42.9 Å². The zero-order valence-electron chi connectivity index (χ0n) is 13.9. The smallest absolute Gasteiger partial charge is 0.278 e. The molecule has 4 rings (SSSR count). The zero-order valence-corrected chi connectivity index (χ0v) is 14.8. The van der Waals surface area contributed by atoms with Crippen LogP contribution in [0.1, 0.15) is 19.3 Å². The monoisotopic (exact) mass is 371 g/mol. The van der Waals surface area contributed by atoms with E-state index in [9.17, 15) is 8.42 Å². The van der Waals surface area contributed by atoms with Crippen molar-refractivity contribution in [1.29, 1.82) is 0 Å². The Morgan fingerprint density at radius 3 is 2.46 bits per heavy atom. The number of hydrogen-bond donors (Lipinski definition) is 0. The molecule has 1 aliphatic rings. The van der Waals surface area contributed by atoms with Crippen molar-refractivity contribution >= 4 is 10.0 Å². The Morgan fingerprint density at radius 1 is 1.00 bits per heavy atom. The molecule has 2 aromatic heterocycles. The fourth-order valence-electron chi connectivity index (χ4n) is 2.88. The van der Waals surface area contributed by atoms with Crippen molar-refractivity contribution < 1.29 is 12.9 Å². The summed E-state index contributed by atoms with van der Waals surface area (Å²) < 4.78 is 32.1. The molecule has 0 amide bonds. The predicted molar refractivity (Wildman–Crippen MR) is 93.4 cm³/mol. The first-order valence-electron chi connectivity index (χ1n) is 8.35. The highest BCUT2D eigenvalue weighted by Gasteiger charge is 2.25. The number of benzene rings is 1. The Labute approximate surface area is 151 Å². The molecule has 0 radical (unpaired) electrons. The van der Waals surface area contributed by atoms with Gasteiger partial charge in [-0.1, -0.05) is 11.6 Å². The molecule has 1 aromatic carbocycles. The highest BCUT2D eigenvalue weighted by atomic mass is 32.2. The van der Waals surface area contributed by atoms with Gasteiger partial charge in [0.05, 0.1) is 11.1 Å². The lowest BCUT2D eigenvalue weighted by Crippen LogP contribution is -2.35. The largest absolute Gasteiger partial charge is 0.332 e. The van der Waals surface area contributed by atoms with E-state index in [2.05, 4.69) is 20.1 Å². The van der Waals surface area contributed by atoms with Crippen molar-refractivity contribution in [2.45, 2.75) is 24.2 Å². The lowest BCUT2D eigenvalue weighted by molar-refractivity contribution is 0.346. The van der Waals surface area contributed by atoms with Crippen LogP contribution in [0.3, 0.4) is 0 Å². The summed E-state index contributed by atoms with van der Waals surface area (Å²) in [5, 5.41) is 3.93. The van der Waals surface area contributed by atoms with Crippen molar-refractivity contribution in [1.82, 2.24) is 24.4 Å². The number of hydrogen-bond acceptors (Lipinski definition) is 7. The molecule has 0 saturated carbocycles. The Kier molecular flexibility index (Phi) is 4.48. The Hall–Kier alpha value is -2.65. The van der Waals surface area contributed by atoms with E-state index in [0.717, 1.165) is 19.3 Å². The average molecular weight is 371 g/mol. The Bertz CT molecular complexity index is 981. The number of sulfonamides is 1. The second-order valence-electron chi connectivity index (χ2n) is 6.00. The first kappa shape index (κ1) is 16.8. The van der Waals surface area contributed by atoms with E-state index in [-0.39, 0.29) is 10.8 Å². The SMILES string of the molecule is O=S(=O)(c1ccc(-c2noc(-c3cnccn3)n2)cc1)N1CCCCC1. The maximum Gasteiger partial charge on any atom is 0.278 e. The van der Waals surface area contributed by atoms with Crippen molar-refractivity contribution in [3.63, 3.8) is 0 Å². The molecular formula is C17H17N5O3S. The van der Waals surface area contributed by atoms with E-state index in [1.165, 1.54) is 6.20 Å². The van der Waals surface area contributed by atoms with E-state index in [1.807, 2.05) is 0 Å². The molecule has 26 heavy (non-hydrogen) atoms. The molecule has 0 unspecified atom stereocenters. The molecule has 3 aromatic rings.